The van der Waals surface area contributed by atoms with Crippen LogP contribution in [0, 0.1) is 6.92 Å². The van der Waals surface area contributed by atoms with E-state index >= 15 is 0 Å². The third-order valence-electron chi connectivity index (χ3n) is 4.47. The van der Waals surface area contributed by atoms with Gasteiger partial charge in [0.15, 0.2) is 0 Å². The van der Waals surface area contributed by atoms with Crippen LogP contribution < -0.4 is 0 Å². The topological polar surface area (TPSA) is 145 Å². The van der Waals surface area contributed by atoms with Gasteiger partial charge in [-0.05, 0) is 19.1 Å². The lowest BCUT2D eigenvalue weighted by Gasteiger charge is -2.09. The molecule has 0 heterocycles. The number of hydrogen-bond acceptors (Lipinski definition) is 11. The molecule has 0 radical (unpaired) electrons. The summed E-state index contributed by atoms with van der Waals surface area (Å²) in [4.78, 5) is 10.4. The van der Waals surface area contributed by atoms with E-state index in [1.807, 2.05) is 6.92 Å². The third kappa shape index (κ3) is 20.0. The maximum absolute atomic E-state index is 12.0. The zero-order chi connectivity index (χ0) is 27.0. The molecule has 12 nitrogen and oxygen atoms in total. The van der Waals surface area contributed by atoms with Crippen molar-refractivity contribution in [1.82, 2.24) is 0 Å². The van der Waals surface area contributed by atoms with Gasteiger partial charge in [-0.1, -0.05) is 17.7 Å². The van der Waals surface area contributed by atoms with Crippen LogP contribution in [0.4, 0.5) is 0 Å². The average Bonchev–Trinajstić information content (AvgIpc) is 2.86. The van der Waals surface area contributed by atoms with Crippen LogP contribution in [-0.2, 0) is 52.3 Å². The molecule has 0 saturated carbocycles. The highest BCUT2D eigenvalue weighted by molar-refractivity contribution is 7.86. The van der Waals surface area contributed by atoms with E-state index in [0.29, 0.717) is 79.3 Å². The zero-order valence-corrected chi connectivity index (χ0v) is 22.3. The summed E-state index contributed by atoms with van der Waals surface area (Å²) >= 11 is 0. The summed E-state index contributed by atoms with van der Waals surface area (Å²) in [5.74, 6) is -0.883. The second kappa shape index (κ2) is 22.3. The molecule has 13 heteroatoms. The minimum Gasteiger partial charge on any atom is -0.481 e. The van der Waals surface area contributed by atoms with Crippen LogP contribution in [0.25, 0.3) is 0 Å². The molecule has 1 N–H and O–H groups in total. The van der Waals surface area contributed by atoms with Crippen LogP contribution in [0.15, 0.2) is 29.2 Å². The smallest absolute Gasteiger partial charge is 0.305 e. The lowest BCUT2D eigenvalue weighted by Crippen LogP contribution is -2.15. The van der Waals surface area contributed by atoms with E-state index in [1.54, 1.807) is 12.1 Å². The number of ether oxygens (including phenoxy) is 7. The van der Waals surface area contributed by atoms with Gasteiger partial charge >= 0.3 is 5.97 Å². The van der Waals surface area contributed by atoms with E-state index < -0.39 is 16.1 Å². The number of carboxylic acid groups (broad SMARTS) is 1. The number of benzene rings is 1. The van der Waals surface area contributed by atoms with Gasteiger partial charge in [-0.25, -0.2) is 0 Å². The van der Waals surface area contributed by atoms with Gasteiger partial charge in [0, 0.05) is 0 Å². The molecule has 1 aromatic carbocycles. The molecule has 0 unspecified atom stereocenters. The quantitative estimate of drug-likeness (QED) is 0.131. The van der Waals surface area contributed by atoms with Crippen molar-refractivity contribution in [2.45, 2.75) is 18.2 Å². The van der Waals surface area contributed by atoms with E-state index in [4.69, 9.17) is 42.4 Å². The molecule has 0 aliphatic rings. The summed E-state index contributed by atoms with van der Waals surface area (Å²) in [6, 6.07) is 6.45. The first kappa shape index (κ1) is 33.3. The molecule has 37 heavy (non-hydrogen) atoms. The lowest BCUT2D eigenvalue weighted by molar-refractivity contribution is -0.138. The lowest BCUT2D eigenvalue weighted by atomic mass is 10.2. The molecule has 0 fully saturated rings. The highest BCUT2D eigenvalue weighted by Gasteiger charge is 2.14. The van der Waals surface area contributed by atoms with E-state index in [2.05, 4.69) is 0 Å². The average molecular weight is 553 g/mol. The van der Waals surface area contributed by atoms with E-state index in [1.165, 1.54) is 12.1 Å². The Bertz CT molecular complexity index is 785. The summed E-state index contributed by atoms with van der Waals surface area (Å²) in [5.41, 5.74) is 0.971. The number of rotatable bonds is 26. The van der Waals surface area contributed by atoms with Gasteiger partial charge in [0.2, 0.25) is 0 Å². The molecular formula is C24H40O12S. The fourth-order valence-electron chi connectivity index (χ4n) is 2.56. The molecular weight excluding hydrogens is 512 g/mol. The van der Waals surface area contributed by atoms with Crippen LogP contribution in [0.3, 0.4) is 0 Å². The number of aliphatic carboxylic acids is 1. The molecule has 0 aliphatic heterocycles. The van der Waals surface area contributed by atoms with Crippen LogP contribution >= 0.6 is 0 Å². The Morgan fingerprint density at radius 2 is 0.919 bits per heavy atom. The fourth-order valence-corrected chi connectivity index (χ4v) is 3.45. The van der Waals surface area contributed by atoms with Gasteiger partial charge in [-0.2, -0.15) is 8.42 Å². The molecule has 0 amide bonds. The predicted octanol–water partition coefficient (Wildman–Crippen LogP) is 1.29. The second-order valence-corrected chi connectivity index (χ2v) is 9.13. The normalized spacial score (nSPS) is 11.7. The standard InChI is InChI=1S/C24H40O12S/c1-22-2-4-23(5-3-22)37(27,28)36-21-20-35-19-18-34-17-16-33-15-14-32-13-12-31-11-10-30-9-8-29-7-6-24(25)26/h2-5H,6-21H2,1H3,(H,25,26). The zero-order valence-electron chi connectivity index (χ0n) is 21.5. The largest absolute Gasteiger partial charge is 0.481 e. The Labute approximate surface area is 219 Å². The van der Waals surface area contributed by atoms with Crippen molar-refractivity contribution < 1.29 is 55.7 Å². The first-order valence-corrected chi connectivity index (χ1v) is 13.5. The molecule has 0 spiro atoms. The maximum atomic E-state index is 12.0. The Hall–Kier alpha value is -1.68. The first-order valence-electron chi connectivity index (χ1n) is 12.1. The van der Waals surface area contributed by atoms with Gasteiger partial charge in [-0.15, -0.1) is 0 Å². The minimum atomic E-state index is -3.77. The first-order chi connectivity index (χ1) is 17.9. The molecule has 0 atom stereocenters. The summed E-state index contributed by atoms with van der Waals surface area (Å²) in [5, 5.41) is 8.46. The Balaban J connectivity index is 1.75. The molecule has 1 rings (SSSR count). The fraction of sp³-hybridized carbons (Fsp3) is 0.708. The molecule has 0 bridgehead atoms. The summed E-state index contributed by atoms with van der Waals surface area (Å²) in [6.45, 7) is 7.07. The summed E-state index contributed by atoms with van der Waals surface area (Å²) in [7, 11) is -3.77. The van der Waals surface area contributed by atoms with Crippen LogP contribution in [-0.4, -0.2) is 119 Å². The van der Waals surface area contributed by atoms with Gasteiger partial charge in [0.05, 0.1) is 110 Å². The van der Waals surface area contributed by atoms with Crippen molar-refractivity contribution in [3.63, 3.8) is 0 Å². The Morgan fingerprint density at radius 1 is 0.595 bits per heavy atom. The van der Waals surface area contributed by atoms with Gasteiger partial charge in [-0.3, -0.25) is 8.98 Å². The van der Waals surface area contributed by atoms with Crippen LogP contribution in [0.2, 0.25) is 0 Å². The van der Waals surface area contributed by atoms with E-state index in [9.17, 15) is 13.2 Å². The Morgan fingerprint density at radius 3 is 1.27 bits per heavy atom. The maximum Gasteiger partial charge on any atom is 0.305 e. The van der Waals surface area contributed by atoms with Crippen LogP contribution in [0.1, 0.15) is 12.0 Å². The number of hydrogen-bond donors (Lipinski definition) is 1. The van der Waals surface area contributed by atoms with Gasteiger partial charge in [0.25, 0.3) is 10.1 Å². The molecule has 0 aliphatic carbocycles. The van der Waals surface area contributed by atoms with Crippen molar-refractivity contribution in [3.05, 3.63) is 29.8 Å². The highest BCUT2D eigenvalue weighted by atomic mass is 32.2. The monoisotopic (exact) mass is 552 g/mol. The van der Waals surface area contributed by atoms with Gasteiger partial charge < -0.3 is 38.3 Å². The molecule has 1 aromatic rings. The molecule has 214 valence electrons. The molecule has 0 saturated heterocycles. The molecule has 0 aromatic heterocycles. The second-order valence-electron chi connectivity index (χ2n) is 7.52. The number of aryl methyl sites for hydroxylation is 1. The van der Waals surface area contributed by atoms with Crippen molar-refractivity contribution in [2.24, 2.45) is 0 Å². The van der Waals surface area contributed by atoms with E-state index in [0.717, 1.165) is 5.56 Å². The minimum absolute atomic E-state index is 0.0112. The van der Waals surface area contributed by atoms with Crippen molar-refractivity contribution in [2.75, 3.05) is 99.1 Å². The Kier molecular flexibility index (Phi) is 20.1. The highest BCUT2D eigenvalue weighted by Crippen LogP contribution is 2.12. The summed E-state index contributed by atoms with van der Waals surface area (Å²) < 4.78 is 66.2. The number of carbonyl (C=O) groups is 1. The van der Waals surface area contributed by atoms with E-state index in [-0.39, 0.29) is 31.1 Å². The van der Waals surface area contributed by atoms with Crippen molar-refractivity contribution >= 4 is 16.1 Å². The predicted molar refractivity (Wildman–Crippen MR) is 132 cm³/mol. The third-order valence-corrected chi connectivity index (χ3v) is 5.79. The van der Waals surface area contributed by atoms with Crippen LogP contribution in [0.5, 0.6) is 0 Å². The van der Waals surface area contributed by atoms with Gasteiger partial charge in [0.1, 0.15) is 0 Å². The summed E-state index contributed by atoms with van der Waals surface area (Å²) in [6.07, 6.45) is -0.0112. The van der Waals surface area contributed by atoms with Crippen molar-refractivity contribution in [1.29, 1.82) is 0 Å². The van der Waals surface area contributed by atoms with Crippen molar-refractivity contribution in [3.8, 4) is 0 Å². The number of carboxylic acids is 1. The SMILES string of the molecule is Cc1ccc(S(=O)(=O)OCCOCCOCCOCCOCCOCCOCCOCCC(=O)O)cc1.